The highest BCUT2D eigenvalue weighted by Crippen LogP contribution is 2.29. The highest BCUT2D eigenvalue weighted by molar-refractivity contribution is 5.91. The number of nitrogens with two attached hydrogens (primary N) is 1. The minimum atomic E-state index is 0.278. The van der Waals surface area contributed by atoms with E-state index in [4.69, 9.17) is 15.0 Å². The fraction of sp³-hybridized carbons (Fsp3) is 0.182. The number of anilines is 1. The Morgan fingerprint density at radius 2 is 2.39 bits per heavy atom. The van der Waals surface area contributed by atoms with Gasteiger partial charge in [0.25, 0.3) is 0 Å². The number of methoxy groups -OCH3 is 1. The van der Waals surface area contributed by atoms with Crippen molar-refractivity contribution >= 4 is 16.8 Å². The van der Waals surface area contributed by atoms with Gasteiger partial charge in [0.2, 0.25) is 5.88 Å². The Kier molecular flexibility index (Phi) is 2.36. The van der Waals surface area contributed by atoms with Gasteiger partial charge in [0, 0.05) is 18.5 Å². The summed E-state index contributed by atoms with van der Waals surface area (Å²) in [5.41, 5.74) is 7.02. The van der Waals surface area contributed by atoms with Crippen molar-refractivity contribution < 1.29 is 9.26 Å². The normalized spacial score (nSPS) is 10.9. The van der Waals surface area contributed by atoms with E-state index in [-0.39, 0.29) is 5.82 Å². The Hall–Kier alpha value is -2.57. The van der Waals surface area contributed by atoms with Crippen molar-refractivity contribution in [1.29, 1.82) is 0 Å². The number of aromatic nitrogens is 4. The molecule has 0 aromatic carbocycles. The second kappa shape index (κ2) is 4.02. The molecule has 7 nitrogen and oxygen atoms in total. The Morgan fingerprint density at radius 3 is 3.11 bits per heavy atom. The molecule has 18 heavy (non-hydrogen) atoms. The molecule has 2 N–H and O–H groups in total. The molecule has 3 aromatic rings. The molecule has 0 unspecified atom stereocenters. The summed E-state index contributed by atoms with van der Waals surface area (Å²) >= 11 is 0. The average Bonchev–Trinajstić information content (AvgIpc) is 2.99. The second-order valence-corrected chi connectivity index (χ2v) is 3.77. The SMILES string of the molecule is COc1nc(Cn2cccn2)cc2onc(N)c12. The molecule has 0 atom stereocenters. The number of hydrogen-bond acceptors (Lipinski definition) is 6. The van der Waals surface area contributed by atoms with Crippen molar-refractivity contribution in [3.63, 3.8) is 0 Å². The lowest BCUT2D eigenvalue weighted by molar-refractivity contribution is 0.400. The van der Waals surface area contributed by atoms with E-state index in [1.165, 1.54) is 7.11 Å². The Morgan fingerprint density at radius 1 is 1.50 bits per heavy atom. The van der Waals surface area contributed by atoms with Crippen molar-refractivity contribution in [2.45, 2.75) is 6.54 Å². The first kappa shape index (κ1) is 10.6. The van der Waals surface area contributed by atoms with Crippen LogP contribution in [0.15, 0.2) is 29.0 Å². The molecular weight excluding hydrogens is 234 g/mol. The van der Waals surface area contributed by atoms with Crippen LogP contribution in [0.2, 0.25) is 0 Å². The lowest BCUT2D eigenvalue weighted by Gasteiger charge is -2.05. The molecule has 3 rings (SSSR count). The number of nitrogen functional groups attached to an aromatic ring is 1. The highest BCUT2D eigenvalue weighted by Gasteiger charge is 2.14. The first-order valence-corrected chi connectivity index (χ1v) is 5.34. The topological polar surface area (TPSA) is 92.0 Å². The molecule has 0 saturated heterocycles. The second-order valence-electron chi connectivity index (χ2n) is 3.77. The summed E-state index contributed by atoms with van der Waals surface area (Å²) in [6, 6.07) is 3.63. The molecule has 0 bridgehead atoms. The quantitative estimate of drug-likeness (QED) is 0.741. The molecule has 0 saturated carbocycles. The van der Waals surface area contributed by atoms with Gasteiger partial charge < -0.3 is 15.0 Å². The lowest BCUT2D eigenvalue weighted by atomic mass is 10.2. The van der Waals surface area contributed by atoms with Gasteiger partial charge in [0.1, 0.15) is 5.39 Å². The number of fused-ring (bicyclic) bond motifs is 1. The number of hydrogen-bond donors (Lipinski definition) is 1. The highest BCUT2D eigenvalue weighted by atomic mass is 16.5. The molecule has 7 heteroatoms. The Labute approximate surface area is 102 Å². The van der Waals surface area contributed by atoms with Gasteiger partial charge in [-0.25, -0.2) is 4.98 Å². The predicted molar refractivity (Wildman–Crippen MR) is 64.1 cm³/mol. The van der Waals surface area contributed by atoms with E-state index in [2.05, 4.69) is 15.2 Å². The van der Waals surface area contributed by atoms with Crippen LogP contribution >= 0.6 is 0 Å². The van der Waals surface area contributed by atoms with Crippen LogP contribution in [0.5, 0.6) is 5.88 Å². The fourth-order valence-corrected chi connectivity index (χ4v) is 1.79. The van der Waals surface area contributed by atoms with Crippen molar-refractivity contribution in [1.82, 2.24) is 19.9 Å². The van der Waals surface area contributed by atoms with Gasteiger partial charge in [-0.15, -0.1) is 0 Å². The summed E-state index contributed by atoms with van der Waals surface area (Å²) in [4.78, 5) is 4.36. The summed E-state index contributed by atoms with van der Waals surface area (Å²) in [5.74, 6) is 0.688. The largest absolute Gasteiger partial charge is 0.480 e. The Balaban J connectivity index is 2.08. The zero-order chi connectivity index (χ0) is 12.5. The van der Waals surface area contributed by atoms with Gasteiger partial charge in [-0.3, -0.25) is 4.68 Å². The van der Waals surface area contributed by atoms with Crippen LogP contribution in [0.3, 0.4) is 0 Å². The maximum absolute atomic E-state index is 5.70. The average molecular weight is 245 g/mol. The summed E-state index contributed by atoms with van der Waals surface area (Å²) < 4.78 is 12.1. The predicted octanol–water partition coefficient (Wildman–Crippen LogP) is 1.06. The summed E-state index contributed by atoms with van der Waals surface area (Å²) in [6.07, 6.45) is 3.56. The third-order valence-corrected chi connectivity index (χ3v) is 2.58. The van der Waals surface area contributed by atoms with E-state index < -0.39 is 0 Å². The van der Waals surface area contributed by atoms with Crippen molar-refractivity contribution in [2.24, 2.45) is 0 Å². The molecule has 0 amide bonds. The zero-order valence-electron chi connectivity index (χ0n) is 9.70. The van der Waals surface area contributed by atoms with E-state index in [9.17, 15) is 0 Å². The standard InChI is InChI=1S/C11H11N5O2/c1-17-11-9-8(18-15-10(9)12)5-7(14-11)6-16-4-2-3-13-16/h2-5H,6H2,1H3,(H2,12,15). The van der Waals surface area contributed by atoms with E-state index >= 15 is 0 Å². The minimum Gasteiger partial charge on any atom is -0.480 e. The van der Waals surface area contributed by atoms with Gasteiger partial charge in [0.05, 0.1) is 19.3 Å². The van der Waals surface area contributed by atoms with Crippen LogP contribution in [0.4, 0.5) is 5.82 Å². The smallest absolute Gasteiger partial charge is 0.228 e. The van der Waals surface area contributed by atoms with Gasteiger partial charge >= 0.3 is 0 Å². The third kappa shape index (κ3) is 1.65. The summed E-state index contributed by atoms with van der Waals surface area (Å²) in [5, 5.41) is 8.42. The first-order chi connectivity index (χ1) is 8.78. The van der Waals surface area contributed by atoms with Crippen LogP contribution in [-0.2, 0) is 6.54 Å². The molecule has 3 aromatic heterocycles. The Bertz CT molecular complexity index is 674. The number of rotatable bonds is 3. The van der Waals surface area contributed by atoms with Crippen molar-refractivity contribution in [3.05, 3.63) is 30.2 Å². The summed E-state index contributed by atoms with van der Waals surface area (Å²) in [6.45, 7) is 0.528. The van der Waals surface area contributed by atoms with Crippen LogP contribution < -0.4 is 10.5 Å². The first-order valence-electron chi connectivity index (χ1n) is 5.34. The molecule has 0 aliphatic heterocycles. The van der Waals surface area contributed by atoms with Crippen LogP contribution in [-0.4, -0.2) is 27.0 Å². The summed E-state index contributed by atoms with van der Waals surface area (Å²) in [7, 11) is 1.53. The zero-order valence-corrected chi connectivity index (χ0v) is 9.70. The number of ether oxygens (including phenoxy) is 1. The number of nitrogens with zero attached hydrogens (tertiary/aromatic N) is 4. The van der Waals surface area contributed by atoms with Crippen molar-refractivity contribution in [3.8, 4) is 5.88 Å². The molecule has 3 heterocycles. The van der Waals surface area contributed by atoms with E-state index in [0.29, 0.717) is 23.4 Å². The maximum atomic E-state index is 5.70. The van der Waals surface area contributed by atoms with Crippen molar-refractivity contribution in [2.75, 3.05) is 12.8 Å². The molecule has 0 radical (unpaired) electrons. The van der Waals surface area contributed by atoms with Gasteiger partial charge in [-0.05, 0) is 6.07 Å². The maximum Gasteiger partial charge on any atom is 0.228 e. The fourth-order valence-electron chi connectivity index (χ4n) is 1.79. The van der Waals surface area contributed by atoms with Crippen LogP contribution in [0, 0.1) is 0 Å². The van der Waals surface area contributed by atoms with E-state index in [1.54, 1.807) is 16.9 Å². The van der Waals surface area contributed by atoms with Gasteiger partial charge in [-0.2, -0.15) is 5.10 Å². The molecule has 0 fully saturated rings. The van der Waals surface area contributed by atoms with E-state index in [0.717, 1.165) is 5.69 Å². The van der Waals surface area contributed by atoms with Gasteiger partial charge in [0.15, 0.2) is 11.4 Å². The minimum absolute atomic E-state index is 0.278. The monoisotopic (exact) mass is 245 g/mol. The molecule has 0 aliphatic carbocycles. The molecular formula is C11H11N5O2. The number of pyridine rings is 1. The third-order valence-electron chi connectivity index (χ3n) is 2.58. The molecule has 0 spiro atoms. The van der Waals surface area contributed by atoms with Gasteiger partial charge in [-0.1, -0.05) is 5.16 Å². The molecule has 92 valence electrons. The molecule has 0 aliphatic rings. The van der Waals surface area contributed by atoms with Crippen LogP contribution in [0.25, 0.3) is 11.0 Å². The lowest BCUT2D eigenvalue weighted by Crippen LogP contribution is -2.03. The van der Waals surface area contributed by atoms with Crippen LogP contribution in [0.1, 0.15) is 5.69 Å². The van der Waals surface area contributed by atoms with E-state index in [1.807, 2.05) is 12.3 Å².